The monoisotopic (exact) mass is 539 g/mol. The van der Waals surface area contributed by atoms with Crippen LogP contribution in [0.4, 0.5) is 5.82 Å². The number of hydrogen-bond donors (Lipinski definition) is 2. The van der Waals surface area contributed by atoms with Crippen LogP contribution in [-0.2, 0) is 11.2 Å². The maximum absolute atomic E-state index is 5.74. The molecule has 0 radical (unpaired) electrons. The molecule has 1 unspecified atom stereocenters. The second-order valence-electron chi connectivity index (χ2n) is 8.12. The lowest BCUT2D eigenvalue weighted by atomic mass is 10.1. The highest BCUT2D eigenvalue weighted by molar-refractivity contribution is 14.0. The summed E-state index contributed by atoms with van der Waals surface area (Å²) in [6, 6.07) is 10.6. The summed E-state index contributed by atoms with van der Waals surface area (Å²) in [6.07, 6.45) is 7.18. The molecule has 2 aliphatic heterocycles. The van der Waals surface area contributed by atoms with Gasteiger partial charge in [0, 0.05) is 44.4 Å². The molecule has 4 rings (SSSR count). The first-order valence-electron chi connectivity index (χ1n) is 11.1. The number of aliphatic imine (C=N–C) groups is 1. The first-order valence-corrected chi connectivity index (χ1v) is 11.1. The number of piperidine rings is 1. The quantitative estimate of drug-likeness (QED) is 0.319. The summed E-state index contributed by atoms with van der Waals surface area (Å²) < 4.78 is 11.2. The van der Waals surface area contributed by atoms with E-state index in [1.807, 2.05) is 25.1 Å². The van der Waals surface area contributed by atoms with Crippen molar-refractivity contribution in [1.82, 2.24) is 15.6 Å². The van der Waals surface area contributed by atoms with E-state index >= 15 is 0 Å². The zero-order valence-corrected chi connectivity index (χ0v) is 20.6. The van der Waals surface area contributed by atoms with Crippen LogP contribution < -0.4 is 15.5 Å². The minimum Gasteiger partial charge on any atom is -0.469 e. The van der Waals surface area contributed by atoms with Gasteiger partial charge >= 0.3 is 0 Å². The Morgan fingerprint density at radius 3 is 2.77 bits per heavy atom. The van der Waals surface area contributed by atoms with Gasteiger partial charge < -0.3 is 24.7 Å². The van der Waals surface area contributed by atoms with Crippen LogP contribution in [0.1, 0.15) is 37.1 Å². The van der Waals surface area contributed by atoms with Crippen LogP contribution in [0, 0.1) is 6.92 Å². The second-order valence-corrected chi connectivity index (χ2v) is 8.12. The van der Waals surface area contributed by atoms with Gasteiger partial charge in [0.15, 0.2) is 5.96 Å². The standard InChI is InChI=1S/C23H33N5O2.HI/c1-18-5-2-8-22(26-18)28-13-10-19(11-14-28)27-23(25-17-21-7-4-16-30-21)24-12-9-20-6-3-15-29-20;/h2-3,5-6,8,15,19,21H,4,7,9-14,16-17H2,1H3,(H2,24,25,27);1H. The summed E-state index contributed by atoms with van der Waals surface area (Å²) in [6.45, 7) is 6.40. The van der Waals surface area contributed by atoms with E-state index in [1.165, 1.54) is 0 Å². The smallest absolute Gasteiger partial charge is 0.191 e. The third-order valence-corrected chi connectivity index (χ3v) is 5.75. The first kappa shape index (κ1) is 23.8. The first-order chi connectivity index (χ1) is 14.8. The number of aromatic nitrogens is 1. The molecule has 2 aliphatic rings. The van der Waals surface area contributed by atoms with Crippen molar-refractivity contribution >= 4 is 35.8 Å². The van der Waals surface area contributed by atoms with Gasteiger partial charge in [-0.05, 0) is 56.9 Å². The summed E-state index contributed by atoms with van der Waals surface area (Å²) in [5, 5.41) is 7.13. The molecular weight excluding hydrogens is 505 g/mol. The Morgan fingerprint density at radius 1 is 1.19 bits per heavy atom. The molecule has 0 spiro atoms. The van der Waals surface area contributed by atoms with E-state index in [-0.39, 0.29) is 30.1 Å². The summed E-state index contributed by atoms with van der Waals surface area (Å²) in [4.78, 5) is 11.9. The molecule has 2 N–H and O–H groups in total. The van der Waals surface area contributed by atoms with Gasteiger partial charge in [0.25, 0.3) is 0 Å². The minimum absolute atomic E-state index is 0. The molecule has 0 aromatic carbocycles. The van der Waals surface area contributed by atoms with Crippen LogP contribution in [0.15, 0.2) is 46.0 Å². The maximum Gasteiger partial charge on any atom is 0.191 e. The molecule has 4 heterocycles. The second kappa shape index (κ2) is 12.3. The Bertz CT molecular complexity index is 800. The molecule has 7 nitrogen and oxygen atoms in total. The summed E-state index contributed by atoms with van der Waals surface area (Å²) in [5.41, 5.74) is 1.07. The van der Waals surface area contributed by atoms with Crippen LogP contribution in [0.5, 0.6) is 0 Å². The van der Waals surface area contributed by atoms with Crippen LogP contribution >= 0.6 is 24.0 Å². The summed E-state index contributed by atoms with van der Waals surface area (Å²) >= 11 is 0. The Labute approximate surface area is 202 Å². The van der Waals surface area contributed by atoms with E-state index in [9.17, 15) is 0 Å². The Hall–Kier alpha value is -1.81. The summed E-state index contributed by atoms with van der Waals surface area (Å²) in [5.74, 6) is 2.95. The van der Waals surface area contributed by atoms with Crippen molar-refractivity contribution in [3.05, 3.63) is 48.0 Å². The third kappa shape index (κ3) is 7.38. The molecule has 8 heteroatoms. The van der Waals surface area contributed by atoms with E-state index in [1.54, 1.807) is 6.26 Å². The van der Waals surface area contributed by atoms with E-state index in [2.05, 4.69) is 32.7 Å². The number of nitrogens with one attached hydrogen (secondary N) is 2. The number of hydrogen-bond acceptors (Lipinski definition) is 5. The number of anilines is 1. The molecule has 1 atom stereocenters. The maximum atomic E-state index is 5.74. The zero-order chi connectivity index (χ0) is 20.6. The van der Waals surface area contributed by atoms with Crippen LogP contribution in [0.25, 0.3) is 0 Å². The van der Waals surface area contributed by atoms with E-state index < -0.39 is 0 Å². The van der Waals surface area contributed by atoms with Gasteiger partial charge in [0.2, 0.25) is 0 Å². The average molecular weight is 539 g/mol. The number of nitrogens with zero attached hydrogens (tertiary/aromatic N) is 3. The predicted octanol–water partition coefficient (Wildman–Crippen LogP) is 3.53. The topological polar surface area (TPSA) is 74.9 Å². The fourth-order valence-corrected chi connectivity index (χ4v) is 4.04. The minimum atomic E-state index is 0. The van der Waals surface area contributed by atoms with Crippen molar-refractivity contribution in [2.24, 2.45) is 4.99 Å². The van der Waals surface area contributed by atoms with E-state index in [0.29, 0.717) is 12.6 Å². The van der Waals surface area contributed by atoms with Crippen molar-refractivity contribution in [3.8, 4) is 0 Å². The number of rotatable bonds is 7. The van der Waals surface area contributed by atoms with Gasteiger partial charge in [-0.3, -0.25) is 4.99 Å². The van der Waals surface area contributed by atoms with Gasteiger partial charge in [-0.1, -0.05) is 6.07 Å². The molecule has 0 bridgehead atoms. The van der Waals surface area contributed by atoms with Crippen LogP contribution in [0.3, 0.4) is 0 Å². The molecule has 2 saturated heterocycles. The third-order valence-electron chi connectivity index (χ3n) is 5.75. The largest absolute Gasteiger partial charge is 0.469 e. The number of guanidine groups is 1. The predicted molar refractivity (Wildman–Crippen MR) is 134 cm³/mol. The van der Waals surface area contributed by atoms with Crippen LogP contribution in [0.2, 0.25) is 0 Å². The van der Waals surface area contributed by atoms with Crippen molar-refractivity contribution in [3.63, 3.8) is 0 Å². The Balaban J connectivity index is 0.00000272. The average Bonchev–Trinajstić information content (AvgIpc) is 3.47. The molecule has 31 heavy (non-hydrogen) atoms. The fourth-order valence-electron chi connectivity index (χ4n) is 4.04. The highest BCUT2D eigenvalue weighted by Crippen LogP contribution is 2.18. The molecule has 0 saturated carbocycles. The Morgan fingerprint density at radius 2 is 2.06 bits per heavy atom. The molecule has 170 valence electrons. The van der Waals surface area contributed by atoms with Crippen molar-refractivity contribution in [2.45, 2.75) is 51.2 Å². The Kier molecular flexibility index (Phi) is 9.45. The van der Waals surface area contributed by atoms with Crippen LogP contribution in [-0.4, -0.2) is 55.9 Å². The molecule has 2 aromatic rings. The van der Waals surface area contributed by atoms with Crippen molar-refractivity contribution < 1.29 is 9.15 Å². The van der Waals surface area contributed by atoms with E-state index in [4.69, 9.17) is 14.1 Å². The van der Waals surface area contributed by atoms with Gasteiger partial charge in [-0.15, -0.1) is 24.0 Å². The van der Waals surface area contributed by atoms with Crippen molar-refractivity contribution in [2.75, 3.05) is 37.7 Å². The normalized spacial score (nSPS) is 19.8. The number of pyridine rings is 1. The SMILES string of the molecule is Cc1cccc(N2CCC(NC(=NCC3CCCO3)NCCc3ccco3)CC2)n1.I. The molecule has 2 fully saturated rings. The van der Waals surface area contributed by atoms with Gasteiger partial charge in [0.05, 0.1) is 18.9 Å². The molecule has 0 amide bonds. The molecule has 2 aromatic heterocycles. The van der Waals surface area contributed by atoms with E-state index in [0.717, 1.165) is 81.6 Å². The highest BCUT2D eigenvalue weighted by atomic mass is 127. The van der Waals surface area contributed by atoms with Gasteiger partial charge in [-0.25, -0.2) is 4.98 Å². The zero-order valence-electron chi connectivity index (χ0n) is 18.3. The number of halogens is 1. The molecule has 0 aliphatic carbocycles. The molecular formula is C23H34IN5O2. The number of ether oxygens (including phenoxy) is 1. The highest BCUT2D eigenvalue weighted by Gasteiger charge is 2.21. The lowest BCUT2D eigenvalue weighted by molar-refractivity contribution is 0.117. The number of aryl methyl sites for hydroxylation is 1. The van der Waals surface area contributed by atoms with Gasteiger partial charge in [0.1, 0.15) is 11.6 Å². The summed E-state index contributed by atoms with van der Waals surface area (Å²) in [7, 11) is 0. The van der Waals surface area contributed by atoms with Gasteiger partial charge in [-0.2, -0.15) is 0 Å². The fraction of sp³-hybridized carbons (Fsp3) is 0.565. The van der Waals surface area contributed by atoms with Crippen molar-refractivity contribution in [1.29, 1.82) is 0 Å². The number of furan rings is 1. The lowest BCUT2D eigenvalue weighted by Gasteiger charge is -2.34. The lowest BCUT2D eigenvalue weighted by Crippen LogP contribution is -2.49.